The van der Waals surface area contributed by atoms with Crippen LogP contribution in [0.3, 0.4) is 0 Å². The van der Waals surface area contributed by atoms with Gasteiger partial charge in [0.05, 0.1) is 5.25 Å². The highest BCUT2D eigenvalue weighted by atomic mass is 35.5. The van der Waals surface area contributed by atoms with E-state index < -0.39 is 21.1 Å². The maximum absolute atomic E-state index is 11.9. The minimum Gasteiger partial charge on any atom is -0.323 e. The fraction of sp³-hybridized carbons (Fsp3) is 0.500. The summed E-state index contributed by atoms with van der Waals surface area (Å²) in [5.74, 6) is 0.111. The molecule has 0 fully saturated rings. The van der Waals surface area contributed by atoms with Crippen molar-refractivity contribution in [3.63, 3.8) is 0 Å². The Hall–Kier alpha value is -0.580. The molecule has 0 aliphatic carbocycles. The quantitative estimate of drug-likeness (QED) is 0.898. The highest BCUT2D eigenvalue weighted by Crippen LogP contribution is 2.25. The summed E-state index contributed by atoms with van der Waals surface area (Å²) in [5.41, 5.74) is 6.81. The van der Waals surface area contributed by atoms with Crippen LogP contribution < -0.4 is 5.73 Å². The van der Waals surface area contributed by atoms with E-state index in [1.807, 2.05) is 13.0 Å². The summed E-state index contributed by atoms with van der Waals surface area (Å²) in [5, 5.41) is 0.0210. The molecule has 0 spiro atoms. The normalized spacial score (nSPS) is 15.5. The van der Waals surface area contributed by atoms with E-state index in [4.69, 9.17) is 17.3 Å². The fourth-order valence-corrected chi connectivity index (χ4v) is 3.61. The Bertz CT molecular complexity index is 473. The topological polar surface area (TPSA) is 60.2 Å². The molecule has 0 radical (unpaired) electrons. The van der Waals surface area contributed by atoms with Crippen LogP contribution in [0.2, 0.25) is 5.02 Å². The van der Waals surface area contributed by atoms with Gasteiger partial charge in [-0.1, -0.05) is 37.6 Å². The van der Waals surface area contributed by atoms with Crippen LogP contribution in [0.5, 0.6) is 0 Å². The van der Waals surface area contributed by atoms with E-state index in [1.54, 1.807) is 25.1 Å². The van der Waals surface area contributed by atoms with Gasteiger partial charge >= 0.3 is 0 Å². The van der Waals surface area contributed by atoms with Crippen LogP contribution >= 0.6 is 11.6 Å². The third kappa shape index (κ3) is 3.44. The van der Waals surface area contributed by atoms with Crippen molar-refractivity contribution >= 4 is 21.4 Å². The molecule has 0 saturated carbocycles. The molecule has 1 aromatic rings. The standard InChI is InChI=1S/C12H18ClNO2S/c1-3-11(17(15,16)4-2)12(14)9-6-5-7-10(13)8-9/h5-8,11-12H,3-4,14H2,1-2H3/t11-,12-/m0/s1. The van der Waals surface area contributed by atoms with Gasteiger partial charge in [-0.3, -0.25) is 0 Å². The number of nitrogens with two attached hydrogens (primary N) is 1. The molecule has 17 heavy (non-hydrogen) atoms. The highest BCUT2D eigenvalue weighted by molar-refractivity contribution is 7.92. The van der Waals surface area contributed by atoms with E-state index in [2.05, 4.69) is 0 Å². The lowest BCUT2D eigenvalue weighted by Crippen LogP contribution is -2.34. The molecule has 0 saturated heterocycles. The first kappa shape index (κ1) is 14.5. The molecular weight excluding hydrogens is 258 g/mol. The zero-order valence-corrected chi connectivity index (χ0v) is 11.6. The number of halogens is 1. The zero-order valence-electron chi connectivity index (χ0n) is 10.1. The van der Waals surface area contributed by atoms with Gasteiger partial charge in [0, 0.05) is 16.8 Å². The number of hydrogen-bond acceptors (Lipinski definition) is 3. The molecule has 0 bridgehead atoms. The van der Waals surface area contributed by atoms with Crippen LogP contribution in [0.15, 0.2) is 24.3 Å². The van der Waals surface area contributed by atoms with Crippen LogP contribution in [0, 0.1) is 0 Å². The molecule has 96 valence electrons. The first-order valence-electron chi connectivity index (χ1n) is 5.65. The van der Waals surface area contributed by atoms with Crippen LogP contribution in [-0.2, 0) is 9.84 Å². The Labute approximate surface area is 108 Å². The molecule has 1 rings (SSSR count). The first-order valence-corrected chi connectivity index (χ1v) is 7.74. The summed E-state index contributed by atoms with van der Waals surface area (Å²) >= 11 is 5.88. The number of rotatable bonds is 5. The average molecular weight is 276 g/mol. The maximum atomic E-state index is 11.9. The Morgan fingerprint density at radius 2 is 2.00 bits per heavy atom. The second kappa shape index (κ2) is 5.85. The maximum Gasteiger partial charge on any atom is 0.154 e. The third-order valence-corrected chi connectivity index (χ3v) is 5.49. The molecule has 2 atom stereocenters. The second-order valence-electron chi connectivity index (χ2n) is 3.98. The van der Waals surface area contributed by atoms with E-state index in [0.29, 0.717) is 11.4 Å². The largest absolute Gasteiger partial charge is 0.323 e. The van der Waals surface area contributed by atoms with Crippen LogP contribution in [0.25, 0.3) is 0 Å². The molecule has 0 aliphatic heterocycles. The molecule has 0 amide bonds. The highest BCUT2D eigenvalue weighted by Gasteiger charge is 2.29. The summed E-state index contributed by atoms with van der Waals surface area (Å²) in [7, 11) is -3.14. The predicted molar refractivity (Wildman–Crippen MR) is 71.9 cm³/mol. The molecule has 0 heterocycles. The van der Waals surface area contributed by atoms with E-state index >= 15 is 0 Å². The van der Waals surface area contributed by atoms with Gasteiger partial charge in [-0.15, -0.1) is 0 Å². The summed E-state index contributed by atoms with van der Waals surface area (Å²) in [6, 6.07) is 6.53. The average Bonchev–Trinajstić information content (AvgIpc) is 2.29. The predicted octanol–water partition coefficient (Wildman–Crippen LogP) is 2.55. The fourth-order valence-electron chi connectivity index (χ4n) is 1.87. The van der Waals surface area contributed by atoms with Crippen molar-refractivity contribution in [2.75, 3.05) is 5.75 Å². The van der Waals surface area contributed by atoms with Gasteiger partial charge in [-0.25, -0.2) is 8.42 Å². The minimum atomic E-state index is -3.14. The Balaban J connectivity index is 3.06. The molecule has 0 aliphatic rings. The first-order chi connectivity index (χ1) is 7.92. The van der Waals surface area contributed by atoms with E-state index in [1.165, 1.54) is 0 Å². The van der Waals surface area contributed by atoms with Gasteiger partial charge in [0.2, 0.25) is 0 Å². The number of benzene rings is 1. The van der Waals surface area contributed by atoms with Gasteiger partial charge in [-0.2, -0.15) is 0 Å². The summed E-state index contributed by atoms with van der Waals surface area (Å²) < 4.78 is 23.8. The third-order valence-electron chi connectivity index (χ3n) is 2.90. The van der Waals surface area contributed by atoms with Crippen LogP contribution in [-0.4, -0.2) is 19.4 Å². The van der Waals surface area contributed by atoms with Crippen molar-refractivity contribution in [1.82, 2.24) is 0 Å². The minimum absolute atomic E-state index is 0.111. The second-order valence-corrected chi connectivity index (χ2v) is 6.92. The SMILES string of the molecule is CC[C@@H]([C@@H](N)c1cccc(Cl)c1)S(=O)(=O)CC. The van der Waals surface area contributed by atoms with Crippen molar-refractivity contribution in [1.29, 1.82) is 0 Å². The molecule has 5 heteroatoms. The van der Waals surface area contributed by atoms with E-state index in [9.17, 15) is 8.42 Å². The lowest BCUT2D eigenvalue weighted by Gasteiger charge is -2.22. The molecular formula is C12H18ClNO2S. The smallest absolute Gasteiger partial charge is 0.154 e. The monoisotopic (exact) mass is 275 g/mol. The molecule has 3 nitrogen and oxygen atoms in total. The summed E-state index contributed by atoms with van der Waals surface area (Å²) in [6.07, 6.45) is 0.504. The van der Waals surface area contributed by atoms with Gasteiger partial charge in [0.15, 0.2) is 9.84 Å². The van der Waals surface area contributed by atoms with Crippen molar-refractivity contribution < 1.29 is 8.42 Å². The van der Waals surface area contributed by atoms with Crippen molar-refractivity contribution in [2.45, 2.75) is 31.6 Å². The van der Waals surface area contributed by atoms with Crippen LogP contribution in [0.4, 0.5) is 0 Å². The van der Waals surface area contributed by atoms with Gasteiger partial charge in [0.1, 0.15) is 0 Å². The van der Waals surface area contributed by atoms with Gasteiger partial charge in [-0.05, 0) is 24.1 Å². The molecule has 0 aromatic heterocycles. The Kier molecular flexibility index (Phi) is 4.98. The van der Waals surface area contributed by atoms with Gasteiger partial charge in [0.25, 0.3) is 0 Å². The molecule has 0 unspecified atom stereocenters. The summed E-state index contributed by atoms with van der Waals surface area (Å²) in [4.78, 5) is 0. The van der Waals surface area contributed by atoms with Crippen LogP contribution in [0.1, 0.15) is 31.9 Å². The summed E-state index contributed by atoms with van der Waals surface area (Å²) in [6.45, 7) is 3.48. The number of sulfone groups is 1. The van der Waals surface area contributed by atoms with Gasteiger partial charge < -0.3 is 5.73 Å². The van der Waals surface area contributed by atoms with Crippen molar-refractivity contribution in [3.05, 3.63) is 34.9 Å². The Morgan fingerprint density at radius 3 is 2.47 bits per heavy atom. The zero-order chi connectivity index (χ0) is 13.1. The molecule has 1 aromatic carbocycles. The van der Waals surface area contributed by atoms with E-state index in [0.717, 1.165) is 5.56 Å². The Morgan fingerprint density at radius 1 is 1.35 bits per heavy atom. The lowest BCUT2D eigenvalue weighted by molar-refractivity contribution is 0.549. The van der Waals surface area contributed by atoms with Crippen molar-refractivity contribution in [3.8, 4) is 0 Å². The van der Waals surface area contributed by atoms with Crippen molar-refractivity contribution in [2.24, 2.45) is 5.73 Å². The number of hydrogen-bond donors (Lipinski definition) is 1. The lowest BCUT2D eigenvalue weighted by atomic mass is 10.0. The molecule has 2 N–H and O–H groups in total. The van der Waals surface area contributed by atoms with E-state index in [-0.39, 0.29) is 5.75 Å².